The van der Waals surface area contributed by atoms with E-state index in [9.17, 15) is 0 Å². The second-order valence-electron chi connectivity index (χ2n) is 41.1. The van der Waals surface area contributed by atoms with Crippen molar-refractivity contribution in [2.75, 3.05) is 0 Å². The minimum absolute atomic E-state index is 1.02. The molecule has 30 aromatic rings. The van der Waals surface area contributed by atoms with Gasteiger partial charge in [0.1, 0.15) is 0 Å². The van der Waals surface area contributed by atoms with Crippen LogP contribution in [-0.2, 0) is 32.1 Å². The van der Waals surface area contributed by atoms with Gasteiger partial charge < -0.3 is 0 Å². The molecule has 670 valence electrons. The Kier molecular flexibility index (Phi) is 18.1. The molecule has 5 aliphatic rings. The molecule has 0 amide bonds. The Morgan fingerprint density at radius 2 is 0.276 bits per heavy atom. The van der Waals surface area contributed by atoms with Crippen LogP contribution in [0.5, 0.6) is 0 Å². The number of hydrogen-bond donors (Lipinski definition) is 0. The maximum absolute atomic E-state index is 2.43. The van der Waals surface area contributed by atoms with Gasteiger partial charge in [-0.05, 0) is 462 Å². The van der Waals surface area contributed by atoms with Crippen molar-refractivity contribution in [3.63, 3.8) is 0 Å². The highest BCUT2D eigenvalue weighted by atomic mass is 14.3. The third kappa shape index (κ3) is 13.2. The van der Waals surface area contributed by atoms with E-state index >= 15 is 0 Å². The molecular weight excluding hydrogens is 1740 g/mol. The molecule has 0 heterocycles. The number of rotatable bonds is 0. The Morgan fingerprint density at radius 1 is 0.0897 bits per heavy atom. The standard InChI is InChI=1S/5C29H18/c1-3-7-23-18(5-1)9-10-20-15-21-11-12-22-16-28-24-8-4-2-6-19(24)13-14-25(28)29(22)27(21)17-26(20)23;1-2-7-20-14-24-17-27-21(15-23(24)13-19(20)6-1)9-10-22-16-28-25-8-4-3-5-18(25)11-12-26(28)29(22)27;1-2-7-20-16-27-24(13-19(20)6-1)15-23-12-11-22-14-21-10-9-18-5-3-4-8-25(18)26(21)17-28(22)29(23)27;1-2-7-20-15-28-24(13-19(20)6-1)14-23-12-11-22-16-26-21(17-27(22)29(23)28)10-9-18-5-3-4-8-25(18)26;1-2-6-19-12-25-17-27-22(14-24(25)11-18(19)5-1)9-10-23-15-26-13-20-7-3-4-8-21(20)16-28(26)29(23)27/h2*1-15,17H,16H2;1-14,16-17H,15H2;1-13,15-17H,14H2;1-14,16-17H,15H2. The maximum Gasteiger partial charge on any atom is -0.000705 e. The van der Waals surface area contributed by atoms with E-state index in [1.807, 2.05) is 0 Å². The highest BCUT2D eigenvalue weighted by molar-refractivity contribution is 6.22. The van der Waals surface area contributed by atoms with Gasteiger partial charge in [-0.2, -0.15) is 0 Å². The van der Waals surface area contributed by atoms with Gasteiger partial charge in [0.15, 0.2) is 0 Å². The largest absolute Gasteiger partial charge is 0.0616 e. The smallest absolute Gasteiger partial charge is 0.000705 e. The predicted octanol–water partition coefficient (Wildman–Crippen LogP) is 39.4. The minimum atomic E-state index is 1.02. The van der Waals surface area contributed by atoms with Crippen LogP contribution in [0.4, 0.5) is 0 Å². The second kappa shape index (κ2) is 32.2. The maximum atomic E-state index is 2.43. The summed E-state index contributed by atoms with van der Waals surface area (Å²) in [4.78, 5) is 0. The Bertz CT molecular complexity index is 10500. The molecule has 0 heteroatoms. The van der Waals surface area contributed by atoms with Crippen molar-refractivity contribution in [1.29, 1.82) is 0 Å². The zero-order valence-electron chi connectivity index (χ0n) is 79.7. The SMILES string of the molecule is c1ccc2c3c(ccc2c1)-c1c(ccc2cc4ccc5ccccc5c4cc12)C3.c1ccc2cc3c(cc2c1)Cc1ccc2cc4c(ccc5ccccc54)cc2c1-3.c1ccc2cc3c(cc2c1)Cc1ccc2cc4cc5ccccc5cc4cc2c1-3.c1ccc2cc3c(cc2c1)Cc1ccc2cc4ccc5ccccc5c4cc2c1-3.c1ccc2cc3cc4c5c(ccc4cc3cc2c1)Cc1c-5ccc2ccccc12. The molecule has 0 aromatic heterocycles. The first-order valence-electron chi connectivity index (χ1n) is 51.2. The van der Waals surface area contributed by atoms with Crippen molar-refractivity contribution < 1.29 is 0 Å². The molecule has 0 nitrogen and oxygen atoms in total. The lowest BCUT2D eigenvalue weighted by atomic mass is 9.92. The lowest BCUT2D eigenvalue weighted by molar-refractivity contribution is 1.27. The molecule has 5 aliphatic carbocycles. The van der Waals surface area contributed by atoms with Crippen molar-refractivity contribution in [2.45, 2.75) is 32.1 Å². The van der Waals surface area contributed by atoms with E-state index in [0.29, 0.717) is 0 Å². The van der Waals surface area contributed by atoms with E-state index in [4.69, 9.17) is 0 Å². The molecule has 0 saturated carbocycles. The van der Waals surface area contributed by atoms with E-state index in [1.165, 1.54) is 327 Å². The van der Waals surface area contributed by atoms with Crippen LogP contribution >= 0.6 is 0 Å². The van der Waals surface area contributed by atoms with Gasteiger partial charge in [0.2, 0.25) is 0 Å². The van der Waals surface area contributed by atoms with Gasteiger partial charge in [0, 0.05) is 0 Å². The van der Waals surface area contributed by atoms with Crippen LogP contribution in [0.2, 0.25) is 0 Å². The zero-order valence-corrected chi connectivity index (χ0v) is 79.7. The van der Waals surface area contributed by atoms with Crippen LogP contribution in [0, 0.1) is 0 Å². The van der Waals surface area contributed by atoms with E-state index in [2.05, 4.69) is 485 Å². The summed E-state index contributed by atoms with van der Waals surface area (Å²) in [5, 5.41) is 53.3. The van der Waals surface area contributed by atoms with E-state index < -0.39 is 0 Å². The van der Waals surface area contributed by atoms with Crippen LogP contribution < -0.4 is 0 Å². The highest BCUT2D eigenvalue weighted by Crippen LogP contribution is 2.53. The fourth-order valence-corrected chi connectivity index (χ4v) is 26.1. The van der Waals surface area contributed by atoms with Crippen molar-refractivity contribution >= 4 is 215 Å². The van der Waals surface area contributed by atoms with Gasteiger partial charge >= 0.3 is 0 Å². The van der Waals surface area contributed by atoms with Crippen molar-refractivity contribution in [3.05, 3.63) is 541 Å². The molecule has 0 bridgehead atoms. The molecular formula is C145H90. The van der Waals surface area contributed by atoms with Crippen LogP contribution in [-0.4, -0.2) is 0 Å². The van der Waals surface area contributed by atoms with Crippen molar-refractivity contribution in [1.82, 2.24) is 0 Å². The zero-order chi connectivity index (χ0) is 94.7. The number of fused-ring (bicyclic) bond motifs is 45. The van der Waals surface area contributed by atoms with E-state index in [-0.39, 0.29) is 0 Å². The summed E-state index contributed by atoms with van der Waals surface area (Å²) in [7, 11) is 0. The molecule has 145 heavy (non-hydrogen) atoms. The molecule has 0 fully saturated rings. The third-order valence-electron chi connectivity index (χ3n) is 33.0. The Labute approximate surface area is 837 Å². The summed E-state index contributed by atoms with van der Waals surface area (Å²) < 4.78 is 0. The lowest BCUT2D eigenvalue weighted by Gasteiger charge is -2.11. The first-order chi connectivity index (χ1) is 71.7. The molecule has 0 spiro atoms. The van der Waals surface area contributed by atoms with Crippen LogP contribution in [0.3, 0.4) is 0 Å². The number of hydrogen-bond acceptors (Lipinski definition) is 0. The fraction of sp³-hybridized carbons (Fsp3) is 0.0345. The van der Waals surface area contributed by atoms with E-state index in [1.54, 1.807) is 0 Å². The third-order valence-corrected chi connectivity index (χ3v) is 33.0. The van der Waals surface area contributed by atoms with Gasteiger partial charge in [0.25, 0.3) is 0 Å². The van der Waals surface area contributed by atoms with Gasteiger partial charge in [-0.25, -0.2) is 0 Å². The summed E-state index contributed by atoms with van der Waals surface area (Å²) in [5.74, 6) is 0. The van der Waals surface area contributed by atoms with Gasteiger partial charge in [-0.3, -0.25) is 0 Å². The molecule has 0 aliphatic heterocycles. The second-order valence-corrected chi connectivity index (χ2v) is 41.1. The average Bonchev–Trinajstić information content (AvgIpc) is 1.58. The van der Waals surface area contributed by atoms with E-state index in [0.717, 1.165) is 32.1 Å². The monoisotopic (exact) mass is 1830 g/mol. The van der Waals surface area contributed by atoms with Crippen molar-refractivity contribution in [3.8, 4) is 55.6 Å². The molecule has 0 radical (unpaired) electrons. The fourth-order valence-electron chi connectivity index (χ4n) is 26.1. The molecule has 30 aromatic carbocycles. The lowest BCUT2D eigenvalue weighted by Crippen LogP contribution is -1.85. The summed E-state index contributed by atoms with van der Waals surface area (Å²) in [5.41, 5.74) is 28.7. The van der Waals surface area contributed by atoms with Crippen molar-refractivity contribution in [2.24, 2.45) is 0 Å². The molecule has 35 rings (SSSR count). The van der Waals surface area contributed by atoms with Gasteiger partial charge in [-0.1, -0.05) is 382 Å². The van der Waals surface area contributed by atoms with Gasteiger partial charge in [-0.15, -0.1) is 0 Å². The summed E-state index contributed by atoms with van der Waals surface area (Å²) in [6.45, 7) is 0. The van der Waals surface area contributed by atoms with Crippen LogP contribution in [0.15, 0.2) is 485 Å². The minimum Gasteiger partial charge on any atom is -0.0616 e. The Hall–Kier alpha value is -18.2. The summed E-state index contributed by atoms with van der Waals surface area (Å²) >= 11 is 0. The van der Waals surface area contributed by atoms with Crippen LogP contribution in [0.1, 0.15) is 55.6 Å². The van der Waals surface area contributed by atoms with Crippen LogP contribution in [0.25, 0.3) is 271 Å². The molecule has 0 atom stereocenters. The van der Waals surface area contributed by atoms with Gasteiger partial charge in [0.05, 0.1) is 0 Å². The molecule has 0 saturated heterocycles. The molecule has 0 unspecified atom stereocenters. The summed E-state index contributed by atoms with van der Waals surface area (Å²) in [6, 6.07) is 180. The first kappa shape index (κ1) is 81.6. The highest BCUT2D eigenvalue weighted by Gasteiger charge is 2.30. The topological polar surface area (TPSA) is 0 Å². The quantitative estimate of drug-likeness (QED) is 0.105. The summed E-state index contributed by atoms with van der Waals surface area (Å²) in [6.07, 6.45) is 5.13. The predicted molar refractivity (Wildman–Crippen MR) is 624 cm³/mol. The normalized spacial score (nSPS) is 12.7. The average molecular weight is 1830 g/mol. The Morgan fingerprint density at radius 3 is 0.607 bits per heavy atom. The first-order valence-corrected chi connectivity index (χ1v) is 51.2. The number of benzene rings is 30. The Balaban J connectivity index is 0.0000000825. The molecule has 0 N–H and O–H groups in total.